The van der Waals surface area contributed by atoms with Gasteiger partial charge in [-0.3, -0.25) is 4.79 Å². The first-order valence-electron chi connectivity index (χ1n) is 6.71. The van der Waals surface area contributed by atoms with E-state index in [-0.39, 0.29) is 19.1 Å². The first-order chi connectivity index (χ1) is 9.55. The third-order valence-electron chi connectivity index (χ3n) is 3.31. The van der Waals surface area contributed by atoms with E-state index < -0.39 is 5.54 Å². The topological polar surface area (TPSA) is 69.6 Å². The average molecular weight is 297 g/mol. The van der Waals surface area contributed by atoms with Crippen molar-refractivity contribution in [2.45, 2.75) is 31.6 Å². The van der Waals surface area contributed by atoms with Gasteiger partial charge in [-0.15, -0.1) is 11.8 Å². The van der Waals surface area contributed by atoms with Crippen molar-refractivity contribution in [1.82, 2.24) is 5.32 Å². The van der Waals surface area contributed by atoms with Crippen molar-refractivity contribution in [2.24, 2.45) is 0 Å². The highest BCUT2D eigenvalue weighted by atomic mass is 32.2. The van der Waals surface area contributed by atoms with Crippen molar-refractivity contribution in [1.29, 1.82) is 0 Å². The number of hydrogen-bond acceptors (Lipinski definition) is 4. The van der Waals surface area contributed by atoms with Gasteiger partial charge in [-0.25, -0.2) is 0 Å². The summed E-state index contributed by atoms with van der Waals surface area (Å²) in [6, 6.07) is 8.21. The summed E-state index contributed by atoms with van der Waals surface area (Å²) in [5.74, 6) is 0.924. The van der Waals surface area contributed by atoms with Crippen LogP contribution in [0.15, 0.2) is 24.3 Å². The second kappa shape index (κ2) is 8.29. The molecule has 0 aliphatic carbocycles. The number of carbonyl (C=O) groups excluding carboxylic acids is 1. The number of carbonyl (C=O) groups is 1. The molecule has 3 N–H and O–H groups in total. The van der Waals surface area contributed by atoms with E-state index in [2.05, 4.69) is 29.6 Å². The van der Waals surface area contributed by atoms with Crippen LogP contribution in [0.5, 0.6) is 0 Å². The number of benzene rings is 1. The first kappa shape index (κ1) is 17.0. The summed E-state index contributed by atoms with van der Waals surface area (Å²) >= 11 is 1.52. The minimum Gasteiger partial charge on any atom is -0.394 e. The fourth-order valence-electron chi connectivity index (χ4n) is 1.72. The van der Waals surface area contributed by atoms with E-state index in [4.69, 9.17) is 0 Å². The molecule has 5 heteroatoms. The van der Waals surface area contributed by atoms with Gasteiger partial charge in [0.25, 0.3) is 0 Å². The summed E-state index contributed by atoms with van der Waals surface area (Å²) in [6.07, 6.45) is 0.494. The van der Waals surface area contributed by atoms with E-state index in [1.54, 1.807) is 0 Å². The molecule has 4 nitrogen and oxygen atoms in total. The van der Waals surface area contributed by atoms with Gasteiger partial charge in [-0.05, 0) is 18.9 Å². The number of aryl methyl sites for hydroxylation is 1. The molecular formula is C15H23NO3S. The van der Waals surface area contributed by atoms with Gasteiger partial charge in [-0.2, -0.15) is 0 Å². The molecule has 0 spiro atoms. The van der Waals surface area contributed by atoms with Gasteiger partial charge in [0.1, 0.15) is 0 Å². The minimum absolute atomic E-state index is 0.160. The van der Waals surface area contributed by atoms with Crippen LogP contribution in [-0.4, -0.2) is 40.6 Å². The van der Waals surface area contributed by atoms with Gasteiger partial charge in [0.2, 0.25) is 5.91 Å². The Bertz CT molecular complexity index is 407. The molecule has 0 saturated carbocycles. The first-order valence-corrected chi connectivity index (χ1v) is 7.86. The van der Waals surface area contributed by atoms with E-state index >= 15 is 0 Å². The van der Waals surface area contributed by atoms with Crippen molar-refractivity contribution >= 4 is 17.7 Å². The highest BCUT2D eigenvalue weighted by Crippen LogP contribution is 2.14. The molecule has 0 unspecified atom stereocenters. The Morgan fingerprint density at radius 1 is 1.25 bits per heavy atom. The Morgan fingerprint density at radius 3 is 2.35 bits per heavy atom. The monoisotopic (exact) mass is 297 g/mol. The Hall–Kier alpha value is -1.04. The molecule has 0 bridgehead atoms. The van der Waals surface area contributed by atoms with Crippen LogP contribution in [0.3, 0.4) is 0 Å². The molecule has 0 saturated heterocycles. The van der Waals surface area contributed by atoms with E-state index in [9.17, 15) is 15.0 Å². The molecule has 0 atom stereocenters. The van der Waals surface area contributed by atoms with Crippen LogP contribution in [0.2, 0.25) is 0 Å². The maximum atomic E-state index is 11.8. The average Bonchev–Trinajstić information content (AvgIpc) is 2.47. The normalized spacial score (nSPS) is 11.4. The highest BCUT2D eigenvalue weighted by Gasteiger charge is 2.28. The van der Waals surface area contributed by atoms with Gasteiger partial charge in [-0.1, -0.05) is 36.8 Å². The van der Waals surface area contributed by atoms with Crippen LogP contribution in [-0.2, 0) is 10.5 Å². The molecule has 0 heterocycles. The van der Waals surface area contributed by atoms with Crippen LogP contribution in [0.25, 0.3) is 0 Å². The highest BCUT2D eigenvalue weighted by molar-refractivity contribution is 7.99. The Balaban J connectivity index is 2.38. The number of rotatable bonds is 8. The maximum Gasteiger partial charge on any atom is 0.230 e. The number of aliphatic hydroxyl groups excluding tert-OH is 2. The molecule has 1 rings (SSSR count). The summed E-state index contributed by atoms with van der Waals surface area (Å²) in [6.45, 7) is 3.35. The molecule has 0 aliphatic rings. The predicted octanol–water partition coefficient (Wildman–Crippen LogP) is 1.48. The second-order valence-electron chi connectivity index (χ2n) is 4.98. The second-order valence-corrected chi connectivity index (χ2v) is 5.96. The molecule has 1 aromatic rings. The van der Waals surface area contributed by atoms with Crippen molar-refractivity contribution in [2.75, 3.05) is 19.0 Å². The third kappa shape index (κ3) is 5.15. The molecule has 0 aromatic heterocycles. The molecule has 0 aliphatic heterocycles. The van der Waals surface area contributed by atoms with Gasteiger partial charge in [0.15, 0.2) is 0 Å². The van der Waals surface area contributed by atoms with E-state index in [1.807, 2.05) is 13.8 Å². The smallest absolute Gasteiger partial charge is 0.230 e. The van der Waals surface area contributed by atoms with Crippen LogP contribution < -0.4 is 5.32 Å². The lowest BCUT2D eigenvalue weighted by Crippen LogP contribution is -2.54. The minimum atomic E-state index is -0.901. The van der Waals surface area contributed by atoms with E-state index in [0.717, 1.165) is 5.75 Å². The molecule has 1 amide bonds. The quantitative estimate of drug-likeness (QED) is 0.680. The number of aliphatic hydroxyl groups is 2. The predicted molar refractivity (Wildman–Crippen MR) is 82.7 cm³/mol. The zero-order chi connectivity index (χ0) is 15.0. The van der Waals surface area contributed by atoms with Crippen molar-refractivity contribution in [3.05, 3.63) is 35.4 Å². The summed E-state index contributed by atoms with van der Waals surface area (Å²) in [4.78, 5) is 11.8. The lowest BCUT2D eigenvalue weighted by atomic mass is 9.99. The van der Waals surface area contributed by atoms with Gasteiger partial charge >= 0.3 is 0 Å². The number of amides is 1. The van der Waals surface area contributed by atoms with Crippen molar-refractivity contribution < 1.29 is 15.0 Å². The van der Waals surface area contributed by atoms with Crippen molar-refractivity contribution in [3.8, 4) is 0 Å². The lowest BCUT2D eigenvalue weighted by Gasteiger charge is -2.29. The van der Waals surface area contributed by atoms with Gasteiger partial charge in [0.05, 0.1) is 24.5 Å². The lowest BCUT2D eigenvalue weighted by molar-refractivity contribution is -0.121. The van der Waals surface area contributed by atoms with Crippen molar-refractivity contribution in [3.63, 3.8) is 0 Å². The molecule has 20 heavy (non-hydrogen) atoms. The molecule has 0 radical (unpaired) electrons. The molecule has 1 aromatic carbocycles. The Morgan fingerprint density at radius 2 is 1.85 bits per heavy atom. The zero-order valence-electron chi connectivity index (χ0n) is 12.1. The fourth-order valence-corrected chi connectivity index (χ4v) is 2.51. The van der Waals surface area contributed by atoms with Crippen LogP contribution in [0, 0.1) is 6.92 Å². The van der Waals surface area contributed by atoms with Crippen LogP contribution in [0.1, 0.15) is 24.5 Å². The maximum absolute atomic E-state index is 11.8. The fraction of sp³-hybridized carbons (Fsp3) is 0.533. The number of thioether (sulfide) groups is 1. The standard InChI is InChI=1S/C15H23NO3S/c1-3-15(10-17,11-18)16-14(19)9-20-8-13-6-4-12(2)5-7-13/h4-7,17-18H,3,8-11H2,1-2H3,(H,16,19). The van der Waals surface area contributed by atoms with E-state index in [0.29, 0.717) is 12.2 Å². The SMILES string of the molecule is CCC(CO)(CO)NC(=O)CSCc1ccc(C)cc1. The zero-order valence-corrected chi connectivity index (χ0v) is 12.9. The van der Waals surface area contributed by atoms with Gasteiger partial charge in [0, 0.05) is 5.75 Å². The van der Waals surface area contributed by atoms with E-state index in [1.165, 1.54) is 22.9 Å². The van der Waals surface area contributed by atoms with Crippen LogP contribution >= 0.6 is 11.8 Å². The largest absolute Gasteiger partial charge is 0.394 e. The summed E-state index contributed by atoms with van der Waals surface area (Å²) < 4.78 is 0. The van der Waals surface area contributed by atoms with Gasteiger partial charge < -0.3 is 15.5 Å². The molecule has 0 fully saturated rings. The molecule has 112 valence electrons. The summed E-state index contributed by atoms with van der Waals surface area (Å²) in [5, 5.41) is 21.3. The number of hydrogen-bond donors (Lipinski definition) is 3. The summed E-state index contributed by atoms with van der Waals surface area (Å²) in [7, 11) is 0. The van der Waals surface area contributed by atoms with Crippen LogP contribution in [0.4, 0.5) is 0 Å². The molecular weight excluding hydrogens is 274 g/mol. The number of nitrogens with one attached hydrogen (secondary N) is 1. The Labute approximate surface area is 124 Å². The summed E-state index contributed by atoms with van der Waals surface area (Å²) in [5.41, 5.74) is 1.50. The third-order valence-corrected chi connectivity index (χ3v) is 4.31. The Kier molecular flexibility index (Phi) is 7.05.